The van der Waals surface area contributed by atoms with Crippen molar-refractivity contribution in [3.05, 3.63) is 28.8 Å². The van der Waals surface area contributed by atoms with Gasteiger partial charge in [-0.3, -0.25) is 4.79 Å². The van der Waals surface area contributed by atoms with Gasteiger partial charge in [-0.05, 0) is 106 Å². The fourth-order valence-corrected chi connectivity index (χ4v) is 4.84. The number of hydrogen-bond donors (Lipinski definition) is 0. The Hall–Kier alpha value is -1.31. The van der Waals surface area contributed by atoms with Gasteiger partial charge in [0.05, 0.1) is 5.92 Å². The number of carbonyl (C=O) groups is 1. The summed E-state index contributed by atoms with van der Waals surface area (Å²) in [5.74, 6) is 3.48. The largest absolute Gasteiger partial charge is 0.426 e. The van der Waals surface area contributed by atoms with E-state index in [0.717, 1.165) is 30.6 Å². The molecule has 0 atom stereocenters. The second-order valence-electron chi connectivity index (χ2n) is 8.73. The van der Waals surface area contributed by atoms with Crippen LogP contribution in [0.15, 0.2) is 12.1 Å². The minimum atomic E-state index is -0.0154. The zero-order valence-corrected chi connectivity index (χ0v) is 18.4. The molecular formula is C25H40O2. The number of benzene rings is 1. The molecule has 0 bridgehead atoms. The Kier molecular flexibility index (Phi) is 8.38. The third-order valence-corrected chi connectivity index (χ3v) is 6.95. The molecule has 2 aliphatic rings. The van der Waals surface area contributed by atoms with Gasteiger partial charge in [-0.25, -0.2) is 0 Å². The van der Waals surface area contributed by atoms with Crippen LogP contribution in [0.2, 0.25) is 0 Å². The van der Waals surface area contributed by atoms with Gasteiger partial charge in [0.1, 0.15) is 5.75 Å². The first-order chi connectivity index (χ1) is 12.9. The fraction of sp³-hybridized carbons (Fsp3) is 0.720. The topological polar surface area (TPSA) is 26.3 Å². The molecule has 0 unspecified atom stereocenters. The maximum Gasteiger partial charge on any atom is 0.314 e. The predicted octanol–water partition coefficient (Wildman–Crippen LogP) is 7.18. The molecule has 0 aliphatic heterocycles. The van der Waals surface area contributed by atoms with Gasteiger partial charge in [0, 0.05) is 0 Å². The molecule has 2 saturated carbocycles. The average molecular weight is 373 g/mol. The first kappa shape index (κ1) is 22.0. The quantitative estimate of drug-likeness (QED) is 0.415. The van der Waals surface area contributed by atoms with E-state index in [1.54, 1.807) is 0 Å². The molecule has 2 fully saturated rings. The Morgan fingerprint density at radius 3 is 1.74 bits per heavy atom. The zero-order valence-electron chi connectivity index (χ0n) is 18.4. The molecule has 0 spiro atoms. The van der Waals surface area contributed by atoms with Crippen molar-refractivity contribution in [3.63, 3.8) is 0 Å². The summed E-state index contributed by atoms with van der Waals surface area (Å²) in [6.07, 6.45) is 10.1. The number of carbonyl (C=O) groups excluding carboxylic acids is 1. The van der Waals surface area contributed by atoms with Gasteiger partial charge < -0.3 is 4.74 Å². The highest BCUT2D eigenvalue weighted by Gasteiger charge is 2.33. The molecule has 0 N–H and O–H groups in total. The van der Waals surface area contributed by atoms with Gasteiger partial charge in [0.25, 0.3) is 0 Å². The minimum absolute atomic E-state index is 0.0154. The number of rotatable bonds is 3. The number of hydrogen-bond acceptors (Lipinski definition) is 2. The monoisotopic (exact) mass is 372 g/mol. The lowest BCUT2D eigenvalue weighted by Gasteiger charge is -2.36. The molecule has 2 nitrogen and oxygen atoms in total. The standard InChI is InChI=1S/C23H34O2.C2H6/c1-15-5-7-19(8-6-15)20-9-11-21(12-10-20)23(24)25-22-13-16(2)18(4)17(3)14-22;1-2/h13-15,19-21H,5-12H2,1-4H3;1-2H3. The van der Waals surface area contributed by atoms with Crippen LogP contribution in [0.5, 0.6) is 5.75 Å². The van der Waals surface area contributed by atoms with E-state index in [4.69, 9.17) is 4.74 Å². The van der Waals surface area contributed by atoms with Crippen molar-refractivity contribution in [2.45, 2.75) is 92.9 Å². The minimum Gasteiger partial charge on any atom is -0.426 e. The van der Waals surface area contributed by atoms with Gasteiger partial charge in [0.2, 0.25) is 0 Å². The van der Waals surface area contributed by atoms with Crippen LogP contribution in [-0.2, 0) is 4.79 Å². The third-order valence-electron chi connectivity index (χ3n) is 6.95. The highest BCUT2D eigenvalue weighted by atomic mass is 16.5. The summed E-state index contributed by atoms with van der Waals surface area (Å²) in [4.78, 5) is 12.6. The highest BCUT2D eigenvalue weighted by Crippen LogP contribution is 2.41. The molecule has 0 heterocycles. The lowest BCUT2D eigenvalue weighted by molar-refractivity contribution is -0.140. The molecule has 0 aromatic heterocycles. The van der Waals surface area contributed by atoms with Crippen molar-refractivity contribution < 1.29 is 9.53 Å². The molecule has 0 radical (unpaired) electrons. The summed E-state index contributed by atoms with van der Waals surface area (Å²) in [6, 6.07) is 3.99. The van der Waals surface area contributed by atoms with Crippen LogP contribution in [0.1, 0.15) is 88.8 Å². The Balaban J connectivity index is 0.00000126. The van der Waals surface area contributed by atoms with E-state index in [9.17, 15) is 4.79 Å². The van der Waals surface area contributed by atoms with Crippen LogP contribution in [0.4, 0.5) is 0 Å². The normalized spacial score (nSPS) is 28.1. The lowest BCUT2D eigenvalue weighted by atomic mass is 9.69. The Bertz CT molecular complexity index is 580. The van der Waals surface area contributed by atoms with Gasteiger partial charge in [0.15, 0.2) is 0 Å². The lowest BCUT2D eigenvalue weighted by Crippen LogP contribution is -2.29. The maximum absolute atomic E-state index is 12.6. The second-order valence-corrected chi connectivity index (χ2v) is 8.73. The zero-order chi connectivity index (χ0) is 20.0. The van der Waals surface area contributed by atoms with Crippen molar-refractivity contribution in [2.75, 3.05) is 0 Å². The van der Waals surface area contributed by atoms with Gasteiger partial charge >= 0.3 is 5.97 Å². The Morgan fingerprint density at radius 1 is 0.815 bits per heavy atom. The Morgan fingerprint density at radius 2 is 1.26 bits per heavy atom. The van der Waals surface area contributed by atoms with Crippen LogP contribution in [0, 0.1) is 44.4 Å². The van der Waals surface area contributed by atoms with Crippen molar-refractivity contribution in [1.29, 1.82) is 0 Å². The number of ether oxygens (including phenoxy) is 1. The summed E-state index contributed by atoms with van der Waals surface area (Å²) in [7, 11) is 0. The summed E-state index contributed by atoms with van der Waals surface area (Å²) in [6.45, 7) is 12.7. The summed E-state index contributed by atoms with van der Waals surface area (Å²) >= 11 is 0. The van der Waals surface area contributed by atoms with Crippen LogP contribution >= 0.6 is 0 Å². The molecule has 2 heteroatoms. The SMILES string of the molecule is CC.Cc1cc(OC(=O)C2CCC(C3CCC(C)CC3)CC2)cc(C)c1C. The average Bonchev–Trinajstić information content (AvgIpc) is 2.68. The third kappa shape index (κ3) is 5.83. The molecular weight excluding hydrogens is 332 g/mol. The molecule has 1 aromatic carbocycles. The van der Waals surface area contributed by atoms with E-state index in [1.165, 1.54) is 55.2 Å². The van der Waals surface area contributed by atoms with E-state index in [2.05, 4.69) is 27.7 Å². The fourth-order valence-electron chi connectivity index (χ4n) is 4.84. The van der Waals surface area contributed by atoms with E-state index in [-0.39, 0.29) is 11.9 Å². The van der Waals surface area contributed by atoms with Crippen molar-refractivity contribution in [3.8, 4) is 5.75 Å². The van der Waals surface area contributed by atoms with Crippen LogP contribution < -0.4 is 4.74 Å². The number of esters is 1. The van der Waals surface area contributed by atoms with E-state index < -0.39 is 0 Å². The molecule has 3 rings (SSSR count). The van der Waals surface area contributed by atoms with Crippen LogP contribution in [-0.4, -0.2) is 5.97 Å². The molecule has 1 aromatic rings. The summed E-state index contributed by atoms with van der Waals surface area (Å²) in [5.41, 5.74) is 3.66. The molecule has 2 aliphatic carbocycles. The smallest absolute Gasteiger partial charge is 0.314 e. The van der Waals surface area contributed by atoms with Crippen molar-refractivity contribution in [2.24, 2.45) is 23.7 Å². The summed E-state index contributed by atoms with van der Waals surface area (Å²) < 4.78 is 5.73. The number of aryl methyl sites for hydroxylation is 2. The summed E-state index contributed by atoms with van der Waals surface area (Å²) in [5, 5.41) is 0. The highest BCUT2D eigenvalue weighted by molar-refractivity contribution is 5.75. The van der Waals surface area contributed by atoms with Gasteiger partial charge in [-0.1, -0.05) is 33.6 Å². The van der Waals surface area contributed by atoms with Crippen molar-refractivity contribution >= 4 is 5.97 Å². The maximum atomic E-state index is 12.6. The Labute approximate surface area is 167 Å². The molecule has 27 heavy (non-hydrogen) atoms. The molecule has 0 amide bonds. The molecule has 0 saturated heterocycles. The van der Waals surface area contributed by atoms with E-state index >= 15 is 0 Å². The van der Waals surface area contributed by atoms with Crippen LogP contribution in [0.3, 0.4) is 0 Å². The van der Waals surface area contributed by atoms with E-state index in [1.807, 2.05) is 26.0 Å². The first-order valence-corrected chi connectivity index (χ1v) is 11.2. The van der Waals surface area contributed by atoms with E-state index in [0.29, 0.717) is 5.75 Å². The molecule has 152 valence electrons. The van der Waals surface area contributed by atoms with Gasteiger partial charge in [-0.15, -0.1) is 0 Å². The van der Waals surface area contributed by atoms with Crippen molar-refractivity contribution in [1.82, 2.24) is 0 Å². The predicted molar refractivity (Wildman–Crippen MR) is 114 cm³/mol. The first-order valence-electron chi connectivity index (χ1n) is 11.2. The second kappa shape index (κ2) is 10.3. The van der Waals surface area contributed by atoms with Crippen LogP contribution in [0.25, 0.3) is 0 Å². The van der Waals surface area contributed by atoms with Gasteiger partial charge in [-0.2, -0.15) is 0 Å².